The zero-order chi connectivity index (χ0) is 22.5. The second-order valence-electron chi connectivity index (χ2n) is 7.53. The molecule has 0 saturated heterocycles. The van der Waals surface area contributed by atoms with E-state index in [4.69, 9.17) is 0 Å². The first-order chi connectivity index (χ1) is 15.5. The lowest BCUT2D eigenvalue weighted by Gasteiger charge is -2.10. The third-order valence-electron chi connectivity index (χ3n) is 5.27. The lowest BCUT2D eigenvalue weighted by Crippen LogP contribution is -2.23. The average molecular weight is 425 g/mol. The molecule has 4 rings (SSSR count). The first-order valence-electron chi connectivity index (χ1n) is 10.4. The second-order valence-corrected chi connectivity index (χ2v) is 7.53. The van der Waals surface area contributed by atoms with Crippen LogP contribution in [0.2, 0.25) is 0 Å². The summed E-state index contributed by atoms with van der Waals surface area (Å²) in [5.41, 5.74) is 5.66. The zero-order valence-electron chi connectivity index (χ0n) is 18.0. The summed E-state index contributed by atoms with van der Waals surface area (Å²) in [5, 5.41) is 5.86. The molecule has 2 heterocycles. The highest BCUT2D eigenvalue weighted by Gasteiger charge is 2.16. The number of amides is 2. The lowest BCUT2D eigenvalue weighted by molar-refractivity contribution is 0.0949. The van der Waals surface area contributed by atoms with Gasteiger partial charge in [-0.15, -0.1) is 0 Å². The van der Waals surface area contributed by atoms with Crippen LogP contribution in [0.3, 0.4) is 0 Å². The van der Waals surface area contributed by atoms with Crippen LogP contribution < -0.4 is 10.6 Å². The van der Waals surface area contributed by atoms with Crippen LogP contribution >= 0.6 is 0 Å². The van der Waals surface area contributed by atoms with Crippen LogP contribution in [0, 0.1) is 13.8 Å². The number of aromatic nitrogens is 2. The van der Waals surface area contributed by atoms with Crippen molar-refractivity contribution in [2.24, 2.45) is 0 Å². The van der Waals surface area contributed by atoms with Crippen molar-refractivity contribution in [3.05, 3.63) is 113 Å². The minimum absolute atomic E-state index is 0.133. The number of benzene rings is 2. The van der Waals surface area contributed by atoms with Gasteiger partial charge in [0.15, 0.2) is 0 Å². The Balaban J connectivity index is 1.44. The first-order valence-corrected chi connectivity index (χ1v) is 10.4. The van der Waals surface area contributed by atoms with Crippen LogP contribution in [0.5, 0.6) is 0 Å². The van der Waals surface area contributed by atoms with Crippen molar-refractivity contribution in [1.82, 2.24) is 14.9 Å². The largest absolute Gasteiger partial charge is 0.348 e. The van der Waals surface area contributed by atoms with E-state index in [1.54, 1.807) is 24.5 Å². The Labute approximate surface area is 186 Å². The van der Waals surface area contributed by atoms with Crippen molar-refractivity contribution in [2.45, 2.75) is 20.4 Å². The minimum Gasteiger partial charge on any atom is -0.348 e. The highest BCUT2D eigenvalue weighted by atomic mass is 16.2. The van der Waals surface area contributed by atoms with Gasteiger partial charge >= 0.3 is 0 Å². The summed E-state index contributed by atoms with van der Waals surface area (Å²) in [6.45, 7) is 4.29. The number of nitrogens with one attached hydrogen (secondary N) is 2. The zero-order valence-corrected chi connectivity index (χ0v) is 18.0. The van der Waals surface area contributed by atoms with E-state index in [0.717, 1.165) is 22.6 Å². The Bertz CT molecular complexity index is 1250. The monoisotopic (exact) mass is 424 g/mol. The number of rotatable bonds is 6. The van der Waals surface area contributed by atoms with E-state index in [1.807, 2.05) is 74.5 Å². The summed E-state index contributed by atoms with van der Waals surface area (Å²) in [6.07, 6.45) is 3.16. The lowest BCUT2D eigenvalue weighted by atomic mass is 10.1. The molecule has 6 heteroatoms. The van der Waals surface area contributed by atoms with Gasteiger partial charge in [-0.2, -0.15) is 0 Å². The second kappa shape index (κ2) is 9.31. The molecule has 2 amide bonds. The van der Waals surface area contributed by atoms with Crippen LogP contribution in [0.25, 0.3) is 5.69 Å². The van der Waals surface area contributed by atoms with E-state index in [2.05, 4.69) is 20.2 Å². The number of pyridine rings is 1. The highest BCUT2D eigenvalue weighted by Crippen LogP contribution is 2.21. The molecule has 160 valence electrons. The number of para-hydroxylation sites is 1. The highest BCUT2D eigenvalue weighted by molar-refractivity contribution is 6.04. The van der Waals surface area contributed by atoms with Gasteiger partial charge < -0.3 is 15.2 Å². The van der Waals surface area contributed by atoms with Crippen LogP contribution in [-0.2, 0) is 6.54 Å². The third kappa shape index (κ3) is 4.59. The van der Waals surface area contributed by atoms with E-state index in [9.17, 15) is 9.59 Å². The first kappa shape index (κ1) is 21.1. The number of carbonyl (C=O) groups is 2. The minimum atomic E-state index is -0.207. The SMILES string of the molecule is Cc1cc(C(=O)NCc2cccc(NC(=O)c3ccncc3)c2)c(C)n1-c1ccccc1. The number of hydrogen-bond acceptors (Lipinski definition) is 3. The molecule has 0 saturated carbocycles. The molecule has 0 aliphatic rings. The van der Waals surface area contributed by atoms with Gasteiger partial charge in [-0.05, 0) is 61.9 Å². The Hall–Kier alpha value is -4.19. The number of anilines is 1. The molecule has 0 radical (unpaired) electrons. The van der Waals surface area contributed by atoms with E-state index in [0.29, 0.717) is 23.4 Å². The van der Waals surface area contributed by atoms with Crippen LogP contribution in [0.15, 0.2) is 85.2 Å². The number of carbonyl (C=O) groups excluding carboxylic acids is 2. The standard InChI is InChI=1S/C26H24N4O2/c1-18-15-24(19(2)30(18)23-9-4-3-5-10-23)26(32)28-17-20-7-6-8-22(16-20)29-25(31)21-11-13-27-14-12-21/h3-16H,17H2,1-2H3,(H,28,32)(H,29,31). The van der Waals surface area contributed by atoms with Crippen LogP contribution in [0.4, 0.5) is 5.69 Å². The number of nitrogens with zero attached hydrogens (tertiary/aromatic N) is 2. The van der Waals surface area contributed by atoms with Crippen LogP contribution in [-0.4, -0.2) is 21.4 Å². The summed E-state index contributed by atoms with van der Waals surface area (Å²) in [7, 11) is 0. The molecular formula is C26H24N4O2. The summed E-state index contributed by atoms with van der Waals surface area (Å²) >= 11 is 0. The maximum Gasteiger partial charge on any atom is 0.255 e. The summed E-state index contributed by atoms with van der Waals surface area (Å²) in [5.74, 6) is -0.339. The fraction of sp³-hybridized carbons (Fsp3) is 0.115. The fourth-order valence-corrected chi connectivity index (χ4v) is 3.71. The molecular weight excluding hydrogens is 400 g/mol. The van der Waals surface area contributed by atoms with Gasteiger partial charge in [0.25, 0.3) is 11.8 Å². The Morgan fingerprint density at radius 1 is 0.875 bits per heavy atom. The Kier molecular flexibility index (Phi) is 6.12. The molecule has 0 unspecified atom stereocenters. The third-order valence-corrected chi connectivity index (χ3v) is 5.27. The van der Waals surface area contributed by atoms with Gasteiger partial charge in [0, 0.05) is 47.3 Å². The topological polar surface area (TPSA) is 76.0 Å². The summed E-state index contributed by atoms with van der Waals surface area (Å²) in [6, 6.07) is 22.6. The van der Waals surface area contributed by atoms with Gasteiger partial charge in [0.05, 0.1) is 5.56 Å². The van der Waals surface area contributed by atoms with Crippen molar-refractivity contribution in [2.75, 3.05) is 5.32 Å². The van der Waals surface area contributed by atoms with Gasteiger partial charge in [-0.3, -0.25) is 14.6 Å². The maximum atomic E-state index is 12.9. The summed E-state index contributed by atoms with van der Waals surface area (Å²) in [4.78, 5) is 29.2. The predicted octanol–water partition coefficient (Wildman–Crippen LogP) is 4.67. The molecule has 32 heavy (non-hydrogen) atoms. The fourth-order valence-electron chi connectivity index (χ4n) is 3.71. The molecule has 0 atom stereocenters. The Morgan fingerprint density at radius 3 is 2.38 bits per heavy atom. The summed E-state index contributed by atoms with van der Waals surface area (Å²) < 4.78 is 2.07. The van der Waals surface area contributed by atoms with Crippen molar-refractivity contribution >= 4 is 17.5 Å². The van der Waals surface area contributed by atoms with Gasteiger partial charge in [-0.25, -0.2) is 0 Å². The Morgan fingerprint density at radius 2 is 1.62 bits per heavy atom. The molecule has 0 fully saturated rings. The molecule has 0 aliphatic carbocycles. The van der Waals surface area contributed by atoms with Crippen molar-refractivity contribution < 1.29 is 9.59 Å². The van der Waals surface area contributed by atoms with E-state index < -0.39 is 0 Å². The molecule has 2 aromatic carbocycles. The molecule has 0 aliphatic heterocycles. The van der Waals surface area contributed by atoms with E-state index in [-0.39, 0.29) is 11.8 Å². The van der Waals surface area contributed by atoms with Crippen molar-refractivity contribution in [3.8, 4) is 5.69 Å². The number of aryl methyl sites for hydroxylation is 1. The smallest absolute Gasteiger partial charge is 0.255 e. The quantitative estimate of drug-likeness (QED) is 0.472. The molecule has 4 aromatic rings. The predicted molar refractivity (Wildman–Crippen MR) is 125 cm³/mol. The number of hydrogen-bond donors (Lipinski definition) is 2. The van der Waals surface area contributed by atoms with Gasteiger partial charge in [-0.1, -0.05) is 30.3 Å². The maximum absolute atomic E-state index is 12.9. The van der Waals surface area contributed by atoms with Crippen molar-refractivity contribution in [3.63, 3.8) is 0 Å². The van der Waals surface area contributed by atoms with Gasteiger partial charge in [0.2, 0.25) is 0 Å². The molecule has 6 nitrogen and oxygen atoms in total. The van der Waals surface area contributed by atoms with Crippen molar-refractivity contribution in [1.29, 1.82) is 0 Å². The molecule has 2 N–H and O–H groups in total. The average Bonchev–Trinajstić information content (AvgIpc) is 3.12. The molecule has 0 spiro atoms. The van der Waals surface area contributed by atoms with Gasteiger partial charge in [0.1, 0.15) is 0 Å². The molecule has 2 aromatic heterocycles. The van der Waals surface area contributed by atoms with Crippen LogP contribution in [0.1, 0.15) is 37.7 Å². The van der Waals surface area contributed by atoms with E-state index in [1.165, 1.54) is 0 Å². The van der Waals surface area contributed by atoms with E-state index >= 15 is 0 Å². The molecule has 0 bridgehead atoms. The normalized spacial score (nSPS) is 10.6.